The van der Waals surface area contributed by atoms with Gasteiger partial charge in [0.15, 0.2) is 5.82 Å². The molecule has 1 N–H and O–H groups in total. The maximum atomic E-state index is 13.7. The zero-order chi connectivity index (χ0) is 17.8. The molecule has 25 heavy (non-hydrogen) atoms. The van der Waals surface area contributed by atoms with Gasteiger partial charge in [0.05, 0.1) is 12.3 Å². The van der Waals surface area contributed by atoms with E-state index < -0.39 is 17.2 Å². The molecule has 0 atom stereocenters. The van der Waals surface area contributed by atoms with Crippen LogP contribution in [0.4, 0.5) is 8.78 Å². The van der Waals surface area contributed by atoms with Crippen molar-refractivity contribution in [2.75, 3.05) is 5.75 Å². The van der Waals surface area contributed by atoms with Gasteiger partial charge in [-0.2, -0.15) is 4.98 Å². The fourth-order valence-corrected chi connectivity index (χ4v) is 2.46. The molecule has 0 saturated heterocycles. The van der Waals surface area contributed by atoms with E-state index in [4.69, 9.17) is 8.94 Å². The number of nitrogens with one attached hydrogen (secondary N) is 1. The third-order valence-corrected chi connectivity index (χ3v) is 3.74. The smallest absolute Gasteiger partial charge is 0.277 e. The van der Waals surface area contributed by atoms with Crippen LogP contribution in [0.5, 0.6) is 0 Å². The predicted octanol–water partition coefficient (Wildman–Crippen LogP) is 2.11. The number of rotatable bonds is 6. The zero-order valence-electron chi connectivity index (χ0n) is 12.8. The number of carbonyl (C=O) groups excluding carboxylic acids is 1. The van der Waals surface area contributed by atoms with Crippen molar-refractivity contribution < 1.29 is 22.5 Å². The van der Waals surface area contributed by atoms with Crippen LogP contribution in [0, 0.1) is 18.6 Å². The Labute approximate surface area is 144 Å². The lowest BCUT2D eigenvalue weighted by Gasteiger charge is -2.00. The number of thioether (sulfide) groups is 1. The number of aromatic nitrogens is 4. The van der Waals surface area contributed by atoms with Crippen molar-refractivity contribution in [3.05, 3.63) is 41.5 Å². The highest BCUT2D eigenvalue weighted by Gasteiger charge is 2.18. The van der Waals surface area contributed by atoms with Crippen molar-refractivity contribution in [3.8, 4) is 11.5 Å². The minimum atomic E-state index is -0.814. The molecule has 0 saturated carbocycles. The largest absolute Gasteiger partial charge is 0.416 e. The first-order valence-electron chi connectivity index (χ1n) is 6.99. The van der Waals surface area contributed by atoms with E-state index in [-0.39, 0.29) is 35.1 Å². The molecule has 2 heterocycles. The summed E-state index contributed by atoms with van der Waals surface area (Å²) in [6.45, 7) is 1.59. The van der Waals surface area contributed by atoms with Crippen molar-refractivity contribution in [3.63, 3.8) is 0 Å². The second-order valence-corrected chi connectivity index (χ2v) is 5.69. The Kier molecular flexibility index (Phi) is 5.03. The van der Waals surface area contributed by atoms with Gasteiger partial charge in [-0.1, -0.05) is 23.0 Å². The molecular formula is C14H11F2N5O3S. The number of halogens is 2. The first-order valence-corrected chi connectivity index (χ1v) is 7.98. The average molecular weight is 367 g/mol. The standard InChI is InChI=1S/C14H11F2N5O3S/c1-7-19-20-14(23-7)25-6-11(22)17-5-10-18-13(24-21-10)12-8(15)3-2-4-9(12)16/h2-4H,5-6H2,1H3,(H,17,22). The Morgan fingerprint density at radius 3 is 2.72 bits per heavy atom. The van der Waals surface area contributed by atoms with Gasteiger partial charge in [0.1, 0.15) is 17.2 Å². The average Bonchev–Trinajstić information content (AvgIpc) is 3.20. The van der Waals surface area contributed by atoms with E-state index in [0.717, 1.165) is 23.9 Å². The Balaban J connectivity index is 1.56. The first-order chi connectivity index (χ1) is 12.0. The third kappa shape index (κ3) is 4.18. The van der Waals surface area contributed by atoms with Crippen LogP contribution in [0.1, 0.15) is 11.7 Å². The summed E-state index contributed by atoms with van der Waals surface area (Å²) >= 11 is 1.07. The first kappa shape index (κ1) is 17.0. The number of hydrogen-bond donors (Lipinski definition) is 1. The Morgan fingerprint density at radius 1 is 1.28 bits per heavy atom. The molecule has 130 valence electrons. The van der Waals surface area contributed by atoms with Crippen molar-refractivity contribution >= 4 is 17.7 Å². The van der Waals surface area contributed by atoms with Crippen LogP contribution in [-0.2, 0) is 11.3 Å². The van der Waals surface area contributed by atoms with Gasteiger partial charge in [0.25, 0.3) is 11.1 Å². The zero-order valence-corrected chi connectivity index (χ0v) is 13.6. The summed E-state index contributed by atoms with van der Waals surface area (Å²) in [4.78, 5) is 15.6. The summed E-state index contributed by atoms with van der Waals surface area (Å²) in [5, 5.41) is 13.8. The highest BCUT2D eigenvalue weighted by molar-refractivity contribution is 7.99. The molecule has 3 rings (SSSR count). The molecule has 0 aliphatic carbocycles. The van der Waals surface area contributed by atoms with Gasteiger partial charge >= 0.3 is 0 Å². The number of aryl methyl sites for hydroxylation is 1. The molecule has 0 bridgehead atoms. The lowest BCUT2D eigenvalue weighted by atomic mass is 10.2. The number of benzene rings is 1. The quantitative estimate of drug-likeness (QED) is 0.660. The Morgan fingerprint density at radius 2 is 2.04 bits per heavy atom. The van der Waals surface area contributed by atoms with Crippen molar-refractivity contribution in [1.29, 1.82) is 0 Å². The van der Waals surface area contributed by atoms with Gasteiger partial charge in [-0.25, -0.2) is 8.78 Å². The fourth-order valence-electron chi connectivity index (χ4n) is 1.82. The van der Waals surface area contributed by atoms with E-state index in [1.54, 1.807) is 6.92 Å². The van der Waals surface area contributed by atoms with Crippen LogP contribution < -0.4 is 5.32 Å². The normalized spacial score (nSPS) is 10.8. The topological polar surface area (TPSA) is 107 Å². The van der Waals surface area contributed by atoms with Crippen molar-refractivity contribution in [2.24, 2.45) is 0 Å². The van der Waals surface area contributed by atoms with E-state index in [2.05, 4.69) is 25.7 Å². The van der Waals surface area contributed by atoms with Crippen molar-refractivity contribution in [1.82, 2.24) is 25.7 Å². The lowest BCUT2D eigenvalue weighted by Crippen LogP contribution is -2.25. The molecule has 2 aromatic heterocycles. The van der Waals surface area contributed by atoms with Crippen LogP contribution in [0.15, 0.2) is 32.4 Å². The van der Waals surface area contributed by atoms with Gasteiger partial charge in [-0.3, -0.25) is 4.79 Å². The molecular weight excluding hydrogens is 356 g/mol. The highest BCUT2D eigenvalue weighted by atomic mass is 32.2. The van der Waals surface area contributed by atoms with Crippen LogP contribution in [0.25, 0.3) is 11.5 Å². The molecule has 8 nitrogen and oxygen atoms in total. The summed E-state index contributed by atoms with van der Waals surface area (Å²) < 4.78 is 37.3. The lowest BCUT2D eigenvalue weighted by molar-refractivity contribution is -0.118. The summed E-state index contributed by atoms with van der Waals surface area (Å²) in [7, 11) is 0. The molecule has 0 aliphatic heterocycles. The van der Waals surface area contributed by atoms with E-state index in [1.807, 2.05) is 0 Å². The second-order valence-electron chi connectivity index (χ2n) is 4.76. The highest BCUT2D eigenvalue weighted by Crippen LogP contribution is 2.24. The second kappa shape index (κ2) is 7.38. The van der Waals surface area contributed by atoms with Crippen LogP contribution in [0.2, 0.25) is 0 Å². The summed E-state index contributed by atoms with van der Waals surface area (Å²) in [5.74, 6) is -1.71. The van der Waals surface area contributed by atoms with E-state index in [9.17, 15) is 13.6 Å². The Hall–Kier alpha value is -2.82. The molecule has 0 unspecified atom stereocenters. The van der Waals surface area contributed by atoms with Gasteiger partial charge in [0, 0.05) is 6.92 Å². The van der Waals surface area contributed by atoms with Crippen LogP contribution >= 0.6 is 11.8 Å². The van der Waals surface area contributed by atoms with E-state index in [0.29, 0.717) is 5.89 Å². The van der Waals surface area contributed by atoms with Gasteiger partial charge < -0.3 is 14.3 Å². The predicted molar refractivity (Wildman–Crippen MR) is 81.3 cm³/mol. The number of hydrogen-bond acceptors (Lipinski definition) is 8. The maximum Gasteiger partial charge on any atom is 0.277 e. The maximum absolute atomic E-state index is 13.7. The Bertz CT molecular complexity index is 878. The molecule has 0 fully saturated rings. The molecule has 0 radical (unpaired) electrons. The summed E-state index contributed by atoms with van der Waals surface area (Å²) in [6, 6.07) is 3.40. The van der Waals surface area contributed by atoms with Gasteiger partial charge in [-0.15, -0.1) is 10.2 Å². The molecule has 1 aromatic carbocycles. The minimum Gasteiger partial charge on any atom is -0.416 e. The SMILES string of the molecule is Cc1nnc(SCC(=O)NCc2noc(-c3c(F)cccc3F)n2)o1. The van der Waals surface area contributed by atoms with Crippen LogP contribution in [-0.4, -0.2) is 32.0 Å². The monoisotopic (exact) mass is 367 g/mol. The van der Waals surface area contributed by atoms with Crippen molar-refractivity contribution in [2.45, 2.75) is 18.7 Å². The van der Waals surface area contributed by atoms with Crippen LogP contribution in [0.3, 0.4) is 0 Å². The number of nitrogens with zero attached hydrogens (tertiary/aromatic N) is 4. The fraction of sp³-hybridized carbons (Fsp3) is 0.214. The minimum absolute atomic E-state index is 0.0499. The van der Waals surface area contributed by atoms with E-state index in [1.165, 1.54) is 6.07 Å². The number of amides is 1. The molecule has 11 heteroatoms. The summed E-state index contributed by atoms with van der Waals surface area (Å²) in [5.41, 5.74) is -0.408. The molecule has 0 aliphatic rings. The number of carbonyl (C=O) groups is 1. The molecule has 1 amide bonds. The van der Waals surface area contributed by atoms with Gasteiger partial charge in [0.2, 0.25) is 11.8 Å². The molecule has 0 spiro atoms. The summed E-state index contributed by atoms with van der Waals surface area (Å²) in [6.07, 6.45) is 0. The third-order valence-electron chi connectivity index (χ3n) is 2.92. The molecule has 3 aromatic rings. The van der Waals surface area contributed by atoms with Gasteiger partial charge in [-0.05, 0) is 12.1 Å². The van der Waals surface area contributed by atoms with E-state index >= 15 is 0 Å².